The van der Waals surface area contributed by atoms with Crippen LogP contribution in [-0.2, 0) is 0 Å². The molecule has 1 aliphatic rings. The summed E-state index contributed by atoms with van der Waals surface area (Å²) in [6, 6.07) is 16.9. The largest absolute Gasteiger partial charge is 2.00 e. The normalized spacial score (nSPS) is 11.2. The van der Waals surface area contributed by atoms with Crippen LogP contribution in [0, 0.1) is 12.8 Å². The molecule has 0 aromatic heterocycles. The van der Waals surface area contributed by atoms with Crippen LogP contribution in [-0.4, -0.2) is 23.1 Å². The molecule has 0 atom stereocenters. The summed E-state index contributed by atoms with van der Waals surface area (Å²) in [5.41, 5.74) is 5.25. The molecule has 0 nitrogen and oxygen atoms in total. The van der Waals surface area contributed by atoms with Crippen molar-refractivity contribution in [2.75, 3.05) is 0 Å². The van der Waals surface area contributed by atoms with Crippen molar-refractivity contribution in [2.24, 2.45) is 0 Å². The van der Waals surface area contributed by atoms with E-state index in [2.05, 4.69) is 61.4 Å². The maximum Gasteiger partial charge on any atom is 2.00 e. The Morgan fingerprint density at radius 1 is 0.533 bits per heavy atom. The Hall–Kier alpha value is -1.05. The van der Waals surface area contributed by atoms with Crippen molar-refractivity contribution < 1.29 is 0 Å². The number of rotatable bonds is 0. The minimum absolute atomic E-state index is 0. The smallest absolute Gasteiger partial charge is 0.193 e. The molecule has 15 heavy (non-hydrogen) atoms. The van der Waals surface area contributed by atoms with Crippen molar-refractivity contribution in [1.29, 1.82) is 0 Å². The Morgan fingerprint density at radius 2 is 0.800 bits per heavy atom. The second-order valence-corrected chi connectivity index (χ2v) is 3.55. The van der Waals surface area contributed by atoms with Crippen LogP contribution in [0.5, 0.6) is 0 Å². The fourth-order valence-corrected chi connectivity index (χ4v) is 1.88. The molecule has 68 valence electrons. The average Bonchev–Trinajstić information content (AvgIpc) is 2.26. The summed E-state index contributed by atoms with van der Waals surface area (Å²) in [5, 5.41) is 0. The maximum absolute atomic E-state index is 2.24. The first kappa shape index (κ1) is 10.5. The molecule has 0 N–H and O–H groups in total. The summed E-state index contributed by atoms with van der Waals surface area (Å²) in [5.74, 6) is 0. The SMILES string of the molecule is [Mg+2].c1ccc2c(c1)[CH-]c1ccccc1[CH-]2. The monoisotopic (exact) mass is 202 g/mol. The van der Waals surface area contributed by atoms with Crippen LogP contribution in [0.15, 0.2) is 48.5 Å². The molecule has 0 unspecified atom stereocenters. The molecule has 0 fully saturated rings. The first-order valence-corrected chi connectivity index (χ1v) is 4.81. The van der Waals surface area contributed by atoms with Crippen molar-refractivity contribution in [3.05, 3.63) is 83.6 Å². The molecular weight excluding hydrogens is 192 g/mol. The quantitative estimate of drug-likeness (QED) is 0.388. The third-order valence-electron chi connectivity index (χ3n) is 2.61. The molecule has 0 saturated carbocycles. The molecule has 0 spiro atoms. The van der Waals surface area contributed by atoms with Crippen molar-refractivity contribution in [3.63, 3.8) is 0 Å². The van der Waals surface area contributed by atoms with Crippen LogP contribution in [0.3, 0.4) is 0 Å². The fraction of sp³-hybridized carbons (Fsp3) is 0. The van der Waals surface area contributed by atoms with Gasteiger partial charge in [-0.3, -0.25) is 0 Å². The van der Waals surface area contributed by atoms with Gasteiger partial charge >= 0.3 is 23.1 Å². The summed E-state index contributed by atoms with van der Waals surface area (Å²) in [6.45, 7) is 0. The molecule has 1 aliphatic carbocycles. The Kier molecular flexibility index (Phi) is 2.94. The summed E-state index contributed by atoms with van der Waals surface area (Å²) in [4.78, 5) is 0. The minimum atomic E-state index is 0. The standard InChI is InChI=1S/C14H10.Mg/c1-2-6-12-10-14-8-4-3-7-13(14)9-11(12)5-1;/h1-10H;/q-2;+2. The van der Waals surface area contributed by atoms with Gasteiger partial charge in [0.1, 0.15) is 0 Å². The van der Waals surface area contributed by atoms with E-state index in [1.54, 1.807) is 0 Å². The zero-order valence-corrected chi connectivity index (χ0v) is 9.89. The predicted octanol–water partition coefficient (Wildman–Crippen LogP) is 2.82. The molecule has 0 aliphatic heterocycles. The van der Waals surface area contributed by atoms with Gasteiger partial charge in [-0.05, 0) is 0 Å². The van der Waals surface area contributed by atoms with Crippen molar-refractivity contribution >= 4 is 23.1 Å². The Morgan fingerprint density at radius 3 is 1.07 bits per heavy atom. The fourth-order valence-electron chi connectivity index (χ4n) is 1.88. The van der Waals surface area contributed by atoms with Crippen molar-refractivity contribution in [3.8, 4) is 0 Å². The van der Waals surface area contributed by atoms with Gasteiger partial charge in [-0.25, -0.2) is 0 Å². The molecule has 0 bridgehead atoms. The molecule has 2 aromatic carbocycles. The van der Waals surface area contributed by atoms with Gasteiger partial charge in [-0.2, -0.15) is 59.4 Å². The second-order valence-electron chi connectivity index (χ2n) is 3.55. The Bertz CT molecular complexity index is 387. The Balaban J connectivity index is 0.000000853. The van der Waals surface area contributed by atoms with Crippen molar-refractivity contribution in [2.45, 2.75) is 0 Å². The molecule has 0 amide bonds. The minimum Gasteiger partial charge on any atom is -0.193 e. The van der Waals surface area contributed by atoms with Gasteiger partial charge in [0.05, 0.1) is 0 Å². The summed E-state index contributed by atoms with van der Waals surface area (Å²) >= 11 is 0. The topological polar surface area (TPSA) is 0 Å². The molecular formula is C14H10Mg. The molecule has 3 rings (SSSR count). The summed E-state index contributed by atoms with van der Waals surface area (Å²) in [6.07, 6.45) is 4.48. The van der Waals surface area contributed by atoms with Crippen molar-refractivity contribution in [1.82, 2.24) is 0 Å². The van der Waals surface area contributed by atoms with E-state index >= 15 is 0 Å². The van der Waals surface area contributed by atoms with Gasteiger partial charge in [-0.1, -0.05) is 0 Å². The van der Waals surface area contributed by atoms with Gasteiger partial charge in [-0.15, -0.1) is 24.3 Å². The average molecular weight is 203 g/mol. The third-order valence-corrected chi connectivity index (χ3v) is 2.61. The van der Waals surface area contributed by atoms with E-state index in [0.717, 1.165) is 0 Å². The molecule has 0 saturated heterocycles. The van der Waals surface area contributed by atoms with Crippen LogP contribution < -0.4 is 0 Å². The van der Waals surface area contributed by atoms with Crippen LogP contribution >= 0.6 is 0 Å². The van der Waals surface area contributed by atoms with E-state index in [0.29, 0.717) is 0 Å². The first-order valence-electron chi connectivity index (χ1n) is 4.81. The molecule has 2 aromatic rings. The van der Waals surface area contributed by atoms with E-state index in [1.807, 2.05) is 0 Å². The number of hydrogen-bond donors (Lipinski definition) is 0. The van der Waals surface area contributed by atoms with E-state index in [4.69, 9.17) is 0 Å². The first-order chi connectivity index (χ1) is 6.93. The summed E-state index contributed by atoms with van der Waals surface area (Å²) in [7, 11) is 0. The maximum atomic E-state index is 2.24. The van der Waals surface area contributed by atoms with Gasteiger partial charge in [0.25, 0.3) is 0 Å². The Labute approximate surface area is 106 Å². The number of fused-ring (bicyclic) bond motifs is 2. The summed E-state index contributed by atoms with van der Waals surface area (Å²) < 4.78 is 0. The molecule has 0 radical (unpaired) electrons. The zero-order valence-electron chi connectivity index (χ0n) is 8.48. The van der Waals surface area contributed by atoms with Gasteiger partial charge in [0, 0.05) is 0 Å². The van der Waals surface area contributed by atoms with Gasteiger partial charge in [0.15, 0.2) is 0 Å². The second kappa shape index (κ2) is 4.21. The van der Waals surface area contributed by atoms with Crippen LogP contribution in [0.4, 0.5) is 0 Å². The van der Waals surface area contributed by atoms with Crippen LogP contribution in [0.2, 0.25) is 0 Å². The molecule has 1 heteroatoms. The van der Waals surface area contributed by atoms with Crippen LogP contribution in [0.1, 0.15) is 22.3 Å². The zero-order chi connectivity index (χ0) is 9.38. The third kappa shape index (κ3) is 1.85. The van der Waals surface area contributed by atoms with Crippen LogP contribution in [0.25, 0.3) is 0 Å². The number of hydrogen-bond acceptors (Lipinski definition) is 0. The number of benzene rings is 2. The van der Waals surface area contributed by atoms with Gasteiger partial charge < -0.3 is 0 Å². The van der Waals surface area contributed by atoms with E-state index in [9.17, 15) is 0 Å². The molecule has 0 heterocycles. The van der Waals surface area contributed by atoms with E-state index < -0.39 is 0 Å². The van der Waals surface area contributed by atoms with E-state index in [1.165, 1.54) is 22.3 Å². The van der Waals surface area contributed by atoms with E-state index in [-0.39, 0.29) is 23.1 Å². The van der Waals surface area contributed by atoms with Gasteiger partial charge in [0.2, 0.25) is 0 Å². The predicted molar refractivity (Wildman–Crippen MR) is 63.6 cm³/mol.